The number of halogens is 1. The molecule has 0 aliphatic carbocycles. The number of rotatable bonds is 2. The Balaban J connectivity index is 2.99. The van der Waals surface area contributed by atoms with E-state index >= 15 is 0 Å². The molecule has 3 heteroatoms. The number of hydrogen-bond donors (Lipinski definition) is 0. The number of allylic oxidation sites excluding steroid dienone is 2. The van der Waals surface area contributed by atoms with Crippen LogP contribution in [0.3, 0.4) is 0 Å². The standard InChI is InChI=1S/C10H10BrNS/c1-7(2)5-8(6-12)9-3-4-10(11)13-9/h3-5,7H,1-2H3/b8-5-. The molecule has 0 aliphatic heterocycles. The van der Waals surface area contributed by atoms with Crippen LogP contribution in [0.15, 0.2) is 22.0 Å². The van der Waals surface area contributed by atoms with E-state index in [4.69, 9.17) is 5.26 Å². The summed E-state index contributed by atoms with van der Waals surface area (Å²) in [4.78, 5) is 1.03. The third-order valence-corrected chi connectivity index (χ3v) is 3.12. The van der Waals surface area contributed by atoms with Crippen LogP contribution >= 0.6 is 27.3 Å². The molecule has 68 valence electrons. The van der Waals surface area contributed by atoms with E-state index in [1.807, 2.05) is 18.2 Å². The molecule has 1 aromatic heterocycles. The van der Waals surface area contributed by atoms with Crippen LogP contribution in [0.2, 0.25) is 0 Å². The molecule has 1 heterocycles. The van der Waals surface area contributed by atoms with Crippen molar-refractivity contribution < 1.29 is 0 Å². The Morgan fingerprint density at radius 2 is 2.31 bits per heavy atom. The molecule has 1 nitrogen and oxygen atoms in total. The van der Waals surface area contributed by atoms with E-state index in [0.29, 0.717) is 5.92 Å². The normalized spacial score (nSPS) is 11.8. The summed E-state index contributed by atoms with van der Waals surface area (Å²) in [6.45, 7) is 4.14. The Kier molecular flexibility index (Phi) is 3.71. The van der Waals surface area contributed by atoms with Crippen molar-refractivity contribution in [3.63, 3.8) is 0 Å². The second kappa shape index (κ2) is 4.59. The van der Waals surface area contributed by atoms with Gasteiger partial charge < -0.3 is 0 Å². The average Bonchev–Trinajstić information content (AvgIpc) is 2.47. The van der Waals surface area contributed by atoms with Crippen molar-refractivity contribution >= 4 is 32.8 Å². The first-order valence-corrected chi connectivity index (χ1v) is 5.62. The van der Waals surface area contributed by atoms with E-state index in [0.717, 1.165) is 14.2 Å². The summed E-state index contributed by atoms with van der Waals surface area (Å²) in [5.41, 5.74) is 0.769. The lowest BCUT2D eigenvalue weighted by Gasteiger charge is -1.96. The highest BCUT2D eigenvalue weighted by Crippen LogP contribution is 2.28. The Morgan fingerprint density at radius 1 is 1.62 bits per heavy atom. The monoisotopic (exact) mass is 255 g/mol. The minimum Gasteiger partial charge on any atom is -0.192 e. The van der Waals surface area contributed by atoms with Gasteiger partial charge in [-0.2, -0.15) is 5.26 Å². The van der Waals surface area contributed by atoms with E-state index in [2.05, 4.69) is 35.8 Å². The molecule has 0 atom stereocenters. The number of nitriles is 1. The molecule has 0 amide bonds. The van der Waals surface area contributed by atoms with Crippen molar-refractivity contribution in [2.75, 3.05) is 0 Å². The van der Waals surface area contributed by atoms with E-state index in [9.17, 15) is 0 Å². The van der Waals surface area contributed by atoms with Gasteiger partial charge in [-0.25, -0.2) is 0 Å². The van der Waals surface area contributed by atoms with Gasteiger partial charge in [0.25, 0.3) is 0 Å². The number of hydrogen-bond acceptors (Lipinski definition) is 2. The third-order valence-electron chi connectivity index (χ3n) is 1.46. The molecule has 0 fully saturated rings. The fourth-order valence-corrected chi connectivity index (χ4v) is 2.33. The zero-order valence-corrected chi connectivity index (χ0v) is 9.95. The zero-order valence-electron chi connectivity index (χ0n) is 7.54. The van der Waals surface area contributed by atoms with Gasteiger partial charge in [-0.05, 0) is 34.0 Å². The average molecular weight is 256 g/mol. The first-order valence-electron chi connectivity index (χ1n) is 4.01. The van der Waals surface area contributed by atoms with Gasteiger partial charge in [-0.15, -0.1) is 11.3 Å². The number of nitrogens with zero attached hydrogens (tertiary/aromatic N) is 1. The Hall–Kier alpha value is -0.590. The summed E-state index contributed by atoms with van der Waals surface area (Å²) in [7, 11) is 0. The van der Waals surface area contributed by atoms with Crippen LogP contribution in [0.25, 0.3) is 5.57 Å². The molecule has 0 bridgehead atoms. The maximum absolute atomic E-state index is 8.91. The third kappa shape index (κ3) is 2.98. The molecule has 0 radical (unpaired) electrons. The topological polar surface area (TPSA) is 23.8 Å². The molecular formula is C10H10BrNS. The SMILES string of the molecule is CC(C)/C=C(/C#N)c1ccc(Br)s1. The zero-order chi connectivity index (χ0) is 9.84. The van der Waals surface area contributed by atoms with Crippen LogP contribution in [0.1, 0.15) is 18.7 Å². The van der Waals surface area contributed by atoms with Crippen molar-refractivity contribution in [2.45, 2.75) is 13.8 Å². The Morgan fingerprint density at radius 3 is 2.69 bits per heavy atom. The lowest BCUT2D eigenvalue weighted by Crippen LogP contribution is -1.82. The smallest absolute Gasteiger partial charge is 0.100 e. The summed E-state index contributed by atoms with van der Waals surface area (Å²) in [6.07, 6.45) is 1.98. The van der Waals surface area contributed by atoms with Crippen molar-refractivity contribution in [2.24, 2.45) is 5.92 Å². The van der Waals surface area contributed by atoms with E-state index in [1.165, 1.54) is 0 Å². The second-order valence-corrected chi connectivity index (χ2v) is 5.50. The van der Waals surface area contributed by atoms with Crippen LogP contribution in [-0.2, 0) is 0 Å². The summed E-state index contributed by atoms with van der Waals surface area (Å²) in [6, 6.07) is 6.14. The minimum atomic E-state index is 0.413. The van der Waals surface area contributed by atoms with Crippen LogP contribution in [0.5, 0.6) is 0 Å². The molecular weight excluding hydrogens is 246 g/mol. The fraction of sp³-hybridized carbons (Fsp3) is 0.300. The van der Waals surface area contributed by atoms with Gasteiger partial charge in [0, 0.05) is 4.88 Å². The van der Waals surface area contributed by atoms with Crippen molar-refractivity contribution in [1.82, 2.24) is 0 Å². The molecule has 1 rings (SSSR count). The molecule has 0 aromatic carbocycles. The van der Waals surface area contributed by atoms with E-state index in [-0.39, 0.29) is 0 Å². The highest BCUT2D eigenvalue weighted by Gasteiger charge is 2.04. The largest absolute Gasteiger partial charge is 0.192 e. The quantitative estimate of drug-likeness (QED) is 0.731. The molecule has 0 N–H and O–H groups in total. The van der Waals surface area contributed by atoms with Crippen LogP contribution in [0, 0.1) is 17.2 Å². The molecule has 0 aliphatic rings. The maximum atomic E-state index is 8.91. The predicted octanol–water partition coefficient (Wildman–Crippen LogP) is 4.07. The highest BCUT2D eigenvalue weighted by molar-refractivity contribution is 9.11. The van der Waals surface area contributed by atoms with Crippen molar-refractivity contribution in [3.8, 4) is 6.07 Å². The second-order valence-electron chi connectivity index (χ2n) is 3.04. The summed E-state index contributed by atoms with van der Waals surface area (Å²) < 4.78 is 1.06. The Bertz CT molecular complexity index is 357. The van der Waals surface area contributed by atoms with Gasteiger partial charge in [0.1, 0.15) is 6.07 Å². The molecule has 0 saturated heterocycles. The molecule has 0 spiro atoms. The van der Waals surface area contributed by atoms with E-state index in [1.54, 1.807) is 11.3 Å². The molecule has 13 heavy (non-hydrogen) atoms. The van der Waals surface area contributed by atoms with Crippen LogP contribution < -0.4 is 0 Å². The summed E-state index contributed by atoms with van der Waals surface area (Å²) in [5.74, 6) is 0.413. The van der Waals surface area contributed by atoms with Gasteiger partial charge >= 0.3 is 0 Å². The van der Waals surface area contributed by atoms with Crippen LogP contribution in [0.4, 0.5) is 0 Å². The maximum Gasteiger partial charge on any atom is 0.100 e. The minimum absolute atomic E-state index is 0.413. The van der Waals surface area contributed by atoms with Gasteiger partial charge in [-0.1, -0.05) is 19.9 Å². The molecule has 0 unspecified atom stereocenters. The lowest BCUT2D eigenvalue weighted by atomic mass is 10.1. The summed E-state index contributed by atoms with van der Waals surface area (Å²) in [5, 5.41) is 8.91. The molecule has 1 aromatic rings. The molecule has 0 saturated carbocycles. The van der Waals surface area contributed by atoms with E-state index < -0.39 is 0 Å². The summed E-state index contributed by atoms with van der Waals surface area (Å²) >= 11 is 4.97. The van der Waals surface area contributed by atoms with Crippen molar-refractivity contribution in [1.29, 1.82) is 5.26 Å². The first-order chi connectivity index (χ1) is 6.13. The van der Waals surface area contributed by atoms with Crippen molar-refractivity contribution in [3.05, 3.63) is 26.9 Å². The lowest BCUT2D eigenvalue weighted by molar-refractivity contribution is 0.834. The van der Waals surface area contributed by atoms with Gasteiger partial charge in [0.05, 0.1) is 9.36 Å². The highest BCUT2D eigenvalue weighted by atomic mass is 79.9. The fourth-order valence-electron chi connectivity index (χ4n) is 0.967. The van der Waals surface area contributed by atoms with Gasteiger partial charge in [-0.3, -0.25) is 0 Å². The number of thiophene rings is 1. The first kappa shape index (κ1) is 10.5. The van der Waals surface area contributed by atoms with Gasteiger partial charge in [0.15, 0.2) is 0 Å². The predicted molar refractivity (Wildman–Crippen MR) is 60.4 cm³/mol. The Labute approximate surface area is 90.8 Å². The van der Waals surface area contributed by atoms with Crippen LogP contribution in [-0.4, -0.2) is 0 Å². The van der Waals surface area contributed by atoms with Gasteiger partial charge in [0.2, 0.25) is 0 Å².